The zero-order valence-corrected chi connectivity index (χ0v) is 26.9. The van der Waals surface area contributed by atoms with Gasteiger partial charge in [-0.25, -0.2) is 0 Å². The molecule has 1 atom stereocenters. The van der Waals surface area contributed by atoms with E-state index in [1.807, 2.05) is 25.7 Å². The number of carbonyl (C=O) groups excluding carboxylic acids is 1. The van der Waals surface area contributed by atoms with Gasteiger partial charge in [-0.05, 0) is 89.2 Å². The second-order valence-corrected chi connectivity index (χ2v) is 10.9. The molecule has 4 heterocycles. The molecule has 2 fully saturated rings. The molecule has 1 aliphatic carbocycles. The standard InChI is InChI=1S/C25H30N4O3.C5H11N.C2H3N.C2H6/c1-3-21(30)28-14-16-29(17-15-28)22-19-11-13-25(32-23(19)27-24(26-22)31-4-2)12-7-9-18-8-5-6-10-20(18)25;1-6-4-2-3-5-6;1-2-3;1-2/h3,5-6,8,10H,1,4,7,9,11-17H2,2H3;2-5H2,1H3;1H3;1-2H3. The van der Waals surface area contributed by atoms with Crippen molar-refractivity contribution in [3.63, 3.8) is 0 Å². The maximum Gasteiger partial charge on any atom is 0.321 e. The molecule has 1 amide bonds. The van der Waals surface area contributed by atoms with Gasteiger partial charge in [0.2, 0.25) is 11.8 Å². The van der Waals surface area contributed by atoms with Gasteiger partial charge in [0.15, 0.2) is 0 Å². The highest BCUT2D eigenvalue weighted by Crippen LogP contribution is 2.48. The third kappa shape index (κ3) is 8.47. The molecule has 9 heteroatoms. The monoisotopic (exact) mass is 590 g/mol. The summed E-state index contributed by atoms with van der Waals surface area (Å²) in [5, 5.41) is 7.32. The summed E-state index contributed by atoms with van der Waals surface area (Å²) < 4.78 is 12.5. The molecule has 1 unspecified atom stereocenters. The van der Waals surface area contributed by atoms with Gasteiger partial charge in [-0.2, -0.15) is 15.2 Å². The van der Waals surface area contributed by atoms with Gasteiger partial charge >= 0.3 is 6.01 Å². The maximum atomic E-state index is 12.0. The second-order valence-electron chi connectivity index (χ2n) is 10.9. The zero-order valence-electron chi connectivity index (χ0n) is 26.9. The third-order valence-electron chi connectivity index (χ3n) is 8.20. The molecule has 1 aromatic carbocycles. The van der Waals surface area contributed by atoms with Crippen molar-refractivity contribution < 1.29 is 14.3 Å². The first-order chi connectivity index (χ1) is 20.9. The molecule has 0 radical (unpaired) electrons. The number of amides is 1. The molecule has 1 aromatic heterocycles. The van der Waals surface area contributed by atoms with E-state index in [4.69, 9.17) is 19.7 Å². The lowest BCUT2D eigenvalue weighted by molar-refractivity contribution is -0.126. The van der Waals surface area contributed by atoms with E-state index in [0.29, 0.717) is 44.7 Å². The molecule has 2 aromatic rings. The lowest BCUT2D eigenvalue weighted by Crippen LogP contribution is -2.49. The number of carbonyl (C=O) groups is 1. The Bertz CT molecular complexity index is 1230. The number of likely N-dealkylation sites (tertiary alicyclic amines) is 1. The number of aromatic nitrogens is 2. The van der Waals surface area contributed by atoms with Crippen LogP contribution in [0.2, 0.25) is 0 Å². The van der Waals surface area contributed by atoms with Crippen molar-refractivity contribution in [3.05, 3.63) is 53.6 Å². The first kappa shape index (κ1) is 33.9. The van der Waals surface area contributed by atoms with Crippen molar-refractivity contribution in [3.8, 4) is 18.0 Å². The predicted octanol–water partition coefficient (Wildman–Crippen LogP) is 5.53. The second kappa shape index (κ2) is 16.9. The van der Waals surface area contributed by atoms with E-state index in [1.165, 1.54) is 50.1 Å². The fourth-order valence-electron chi connectivity index (χ4n) is 6.14. The third-order valence-corrected chi connectivity index (χ3v) is 8.20. The van der Waals surface area contributed by atoms with Gasteiger partial charge in [-0.15, -0.1) is 0 Å². The Hall–Kier alpha value is -3.64. The fraction of sp³-hybridized carbons (Fsp3) is 0.588. The van der Waals surface area contributed by atoms with E-state index >= 15 is 0 Å². The van der Waals surface area contributed by atoms with Crippen LogP contribution in [0.3, 0.4) is 0 Å². The smallest absolute Gasteiger partial charge is 0.321 e. The van der Waals surface area contributed by atoms with E-state index in [1.54, 1.807) is 6.07 Å². The first-order valence-electron chi connectivity index (χ1n) is 15.9. The average molecular weight is 591 g/mol. The van der Waals surface area contributed by atoms with Crippen LogP contribution in [0.1, 0.15) is 76.5 Å². The molecule has 9 nitrogen and oxygen atoms in total. The number of aryl methyl sites for hydroxylation is 1. The van der Waals surface area contributed by atoms with Crippen LogP contribution in [0.5, 0.6) is 11.9 Å². The number of fused-ring (bicyclic) bond motifs is 3. The van der Waals surface area contributed by atoms with Crippen LogP contribution in [0.4, 0.5) is 5.82 Å². The van der Waals surface area contributed by atoms with Gasteiger partial charge in [-0.1, -0.05) is 44.7 Å². The Morgan fingerprint density at radius 3 is 2.35 bits per heavy atom. The van der Waals surface area contributed by atoms with Gasteiger partial charge in [-0.3, -0.25) is 4.79 Å². The molecule has 0 bridgehead atoms. The Morgan fingerprint density at radius 2 is 1.74 bits per heavy atom. The van der Waals surface area contributed by atoms with Crippen LogP contribution in [0.25, 0.3) is 0 Å². The van der Waals surface area contributed by atoms with Crippen LogP contribution < -0.4 is 14.4 Å². The molecule has 0 N–H and O–H groups in total. The van der Waals surface area contributed by atoms with Gasteiger partial charge in [0.1, 0.15) is 11.4 Å². The van der Waals surface area contributed by atoms with E-state index in [2.05, 4.69) is 52.7 Å². The molecule has 43 heavy (non-hydrogen) atoms. The van der Waals surface area contributed by atoms with Gasteiger partial charge in [0.25, 0.3) is 0 Å². The molecular weight excluding hydrogens is 540 g/mol. The highest BCUT2D eigenvalue weighted by Gasteiger charge is 2.43. The van der Waals surface area contributed by atoms with E-state index in [0.717, 1.165) is 43.5 Å². The summed E-state index contributed by atoms with van der Waals surface area (Å²) in [7, 11) is 2.17. The number of rotatable bonds is 4. The number of piperazine rings is 1. The number of ether oxygens (including phenoxy) is 2. The van der Waals surface area contributed by atoms with Gasteiger partial charge in [0, 0.05) is 33.1 Å². The van der Waals surface area contributed by atoms with Crippen LogP contribution in [0, 0.1) is 11.3 Å². The predicted molar refractivity (Wildman–Crippen MR) is 172 cm³/mol. The van der Waals surface area contributed by atoms with Gasteiger partial charge in [0.05, 0.1) is 18.2 Å². The Kier molecular flexibility index (Phi) is 13.3. The van der Waals surface area contributed by atoms with Crippen molar-refractivity contribution in [2.75, 3.05) is 57.8 Å². The van der Waals surface area contributed by atoms with Crippen molar-refractivity contribution in [2.45, 2.75) is 78.2 Å². The van der Waals surface area contributed by atoms with Crippen LogP contribution >= 0.6 is 0 Å². The summed E-state index contributed by atoms with van der Waals surface area (Å²) >= 11 is 0. The van der Waals surface area contributed by atoms with Crippen molar-refractivity contribution in [1.29, 1.82) is 5.26 Å². The van der Waals surface area contributed by atoms with Crippen LogP contribution in [0.15, 0.2) is 36.9 Å². The molecule has 6 rings (SSSR count). The number of hydrogen-bond acceptors (Lipinski definition) is 8. The highest BCUT2D eigenvalue weighted by molar-refractivity contribution is 5.87. The summed E-state index contributed by atoms with van der Waals surface area (Å²) in [6.07, 6.45) is 9.18. The Balaban J connectivity index is 0.000000395. The van der Waals surface area contributed by atoms with Crippen LogP contribution in [-0.4, -0.2) is 78.6 Å². The summed E-state index contributed by atoms with van der Waals surface area (Å²) in [4.78, 5) is 27.8. The number of nitrogens with zero attached hydrogens (tertiary/aromatic N) is 6. The summed E-state index contributed by atoms with van der Waals surface area (Å²) in [5.41, 5.74) is 3.40. The van der Waals surface area contributed by atoms with Crippen molar-refractivity contribution >= 4 is 11.7 Å². The van der Waals surface area contributed by atoms with Crippen molar-refractivity contribution in [1.82, 2.24) is 19.8 Å². The van der Waals surface area contributed by atoms with E-state index in [9.17, 15) is 4.79 Å². The molecule has 234 valence electrons. The molecule has 0 saturated carbocycles. The van der Waals surface area contributed by atoms with Crippen LogP contribution in [-0.2, 0) is 23.2 Å². The minimum Gasteiger partial charge on any atom is -0.466 e. The fourth-order valence-corrected chi connectivity index (χ4v) is 6.14. The molecule has 2 saturated heterocycles. The SMILES string of the molecule is C=CC(=O)N1CCN(c2nc(OCC)nc3c2CCC2(CCCc4ccccc42)O3)CC1.CC.CC#N.CN1CCCC1. The van der Waals surface area contributed by atoms with E-state index in [-0.39, 0.29) is 11.5 Å². The minimum atomic E-state index is -0.327. The topological polar surface area (TPSA) is 94.8 Å². The number of hydrogen-bond donors (Lipinski definition) is 0. The quantitative estimate of drug-likeness (QED) is 0.429. The summed E-state index contributed by atoms with van der Waals surface area (Å²) in [6.45, 7) is 16.8. The normalized spacial score (nSPS) is 20.3. The lowest BCUT2D eigenvalue weighted by Gasteiger charge is -2.43. The number of nitriles is 1. The first-order valence-corrected chi connectivity index (χ1v) is 15.9. The lowest BCUT2D eigenvalue weighted by atomic mass is 9.75. The summed E-state index contributed by atoms with van der Waals surface area (Å²) in [6, 6.07) is 10.7. The largest absolute Gasteiger partial charge is 0.466 e. The van der Waals surface area contributed by atoms with E-state index < -0.39 is 0 Å². The van der Waals surface area contributed by atoms with Crippen molar-refractivity contribution in [2.24, 2.45) is 0 Å². The molecule has 3 aliphatic heterocycles. The molecule has 4 aliphatic rings. The summed E-state index contributed by atoms with van der Waals surface area (Å²) in [5.74, 6) is 1.50. The average Bonchev–Trinajstić information content (AvgIpc) is 3.53. The highest BCUT2D eigenvalue weighted by atomic mass is 16.5. The molecule has 1 spiro atoms. The minimum absolute atomic E-state index is 0.0226. The maximum absolute atomic E-state index is 12.0. The zero-order chi connectivity index (χ0) is 31.2. The van der Waals surface area contributed by atoms with Gasteiger partial charge < -0.3 is 24.2 Å². The Labute approximate surface area is 258 Å². The Morgan fingerprint density at radius 1 is 1.07 bits per heavy atom. The number of benzene rings is 1. The molecular formula is C34H50N6O3. The number of anilines is 1.